The van der Waals surface area contributed by atoms with E-state index in [1.165, 1.54) is 87.7 Å². The number of hydrogen-bond donors (Lipinski definition) is 0. The van der Waals surface area contributed by atoms with Gasteiger partial charge in [-0.05, 0) is 48.4 Å². The molecule has 0 saturated carbocycles. The number of thiazole rings is 1. The second kappa shape index (κ2) is 12.2. The summed E-state index contributed by atoms with van der Waals surface area (Å²) in [6.07, 6.45) is 12.2. The summed E-state index contributed by atoms with van der Waals surface area (Å²) in [4.78, 5) is 13.3. The monoisotopic (exact) mass is 605 g/mol. The Balaban J connectivity index is 1.60. The van der Waals surface area contributed by atoms with Crippen LogP contribution < -0.4 is 10.4 Å². The lowest BCUT2D eigenvalue weighted by Crippen LogP contribution is -2.54. The summed E-state index contributed by atoms with van der Waals surface area (Å²) in [5, 5.41) is 22.6. The average molecular weight is 606 g/mol. The maximum atomic E-state index is 9.23. The summed E-state index contributed by atoms with van der Waals surface area (Å²) >= 11 is 7.42. The van der Waals surface area contributed by atoms with E-state index in [-0.39, 0.29) is 5.57 Å². The van der Waals surface area contributed by atoms with Gasteiger partial charge in [-0.3, -0.25) is 0 Å². The van der Waals surface area contributed by atoms with Gasteiger partial charge in [-0.25, -0.2) is 4.98 Å². The van der Waals surface area contributed by atoms with Crippen molar-refractivity contribution in [2.45, 2.75) is 91.1 Å². The third kappa shape index (κ3) is 5.35. The van der Waals surface area contributed by atoms with Gasteiger partial charge in [0.1, 0.15) is 36.3 Å². The zero-order valence-electron chi connectivity index (χ0n) is 23.3. The maximum Gasteiger partial charge on any atom is 0.132 e. The third-order valence-corrected chi connectivity index (χ3v) is 18.4. The summed E-state index contributed by atoms with van der Waals surface area (Å²) in [6, 6.07) is 11.8. The van der Waals surface area contributed by atoms with Gasteiger partial charge >= 0.3 is 0 Å². The Hall–Kier alpha value is -2.07. The third-order valence-electron chi connectivity index (χ3n) is 7.91. The van der Waals surface area contributed by atoms with Crippen molar-refractivity contribution in [2.75, 3.05) is 0 Å². The number of nitriles is 2. The molecule has 0 saturated heterocycles. The lowest BCUT2D eigenvalue weighted by atomic mass is 10.2. The SMILES string of the molecule is CCCCCC[Si]1(CCCCCC)c2cc(C)sc2-c2sc(-c3sc(C)c4sc(C=C(C#N)C#N)nc34)cc21. The molecule has 0 N–H and O–H groups in total. The Labute approximate surface area is 249 Å². The van der Waals surface area contributed by atoms with Crippen LogP contribution >= 0.6 is 45.3 Å². The number of hydrogen-bond acceptors (Lipinski definition) is 7. The summed E-state index contributed by atoms with van der Waals surface area (Å²) in [5.41, 5.74) is 1.14. The van der Waals surface area contributed by atoms with Crippen molar-refractivity contribution in [2.24, 2.45) is 0 Å². The molecule has 39 heavy (non-hydrogen) atoms. The fraction of sp³-hybridized carbons (Fsp3) is 0.452. The van der Waals surface area contributed by atoms with E-state index in [0.717, 1.165) is 10.5 Å². The Morgan fingerprint density at radius 2 is 1.46 bits per heavy atom. The normalized spacial score (nSPS) is 13.3. The molecule has 4 aromatic heterocycles. The second-order valence-corrected chi connectivity index (χ2v) is 19.5. The Morgan fingerprint density at radius 1 is 0.821 bits per heavy atom. The maximum absolute atomic E-state index is 9.23. The first-order valence-corrected chi connectivity index (χ1v) is 19.8. The van der Waals surface area contributed by atoms with Crippen LogP contribution in [-0.4, -0.2) is 13.1 Å². The molecule has 0 unspecified atom stereocenters. The molecular weight excluding hydrogens is 571 g/mol. The van der Waals surface area contributed by atoms with Crippen molar-refractivity contribution in [1.29, 1.82) is 10.5 Å². The lowest BCUT2D eigenvalue weighted by Gasteiger charge is -2.29. The highest BCUT2D eigenvalue weighted by atomic mass is 32.1. The summed E-state index contributed by atoms with van der Waals surface area (Å²) < 4.78 is 1.18. The van der Waals surface area contributed by atoms with Crippen molar-refractivity contribution in [1.82, 2.24) is 4.98 Å². The van der Waals surface area contributed by atoms with Gasteiger partial charge in [0.05, 0.1) is 9.58 Å². The average Bonchev–Trinajstić information content (AvgIpc) is 3.72. The van der Waals surface area contributed by atoms with Gasteiger partial charge in [-0.2, -0.15) is 10.5 Å². The second-order valence-electron chi connectivity index (χ2n) is 10.7. The number of unbranched alkanes of at least 4 members (excludes halogenated alkanes) is 6. The van der Waals surface area contributed by atoms with Crippen molar-refractivity contribution >= 4 is 80.1 Å². The van der Waals surface area contributed by atoms with Gasteiger partial charge in [-0.1, -0.05) is 65.2 Å². The molecule has 4 aromatic rings. The molecule has 0 atom stereocenters. The number of rotatable bonds is 12. The first-order valence-electron chi connectivity index (χ1n) is 14.1. The molecule has 0 aliphatic carbocycles. The summed E-state index contributed by atoms with van der Waals surface area (Å²) in [7, 11) is -1.83. The zero-order valence-corrected chi connectivity index (χ0v) is 27.5. The molecule has 0 aromatic carbocycles. The predicted octanol–water partition coefficient (Wildman–Crippen LogP) is 9.90. The molecule has 5 heterocycles. The van der Waals surface area contributed by atoms with Gasteiger partial charge in [-0.15, -0.1) is 45.3 Å². The highest BCUT2D eigenvalue weighted by molar-refractivity contribution is 7.33. The molecule has 0 fully saturated rings. The van der Waals surface area contributed by atoms with Crippen molar-refractivity contribution < 1.29 is 0 Å². The fourth-order valence-corrected chi connectivity index (χ4v) is 17.7. The topological polar surface area (TPSA) is 60.5 Å². The van der Waals surface area contributed by atoms with E-state index in [1.807, 2.05) is 46.1 Å². The van der Waals surface area contributed by atoms with Crippen LogP contribution in [0, 0.1) is 36.5 Å². The highest BCUT2D eigenvalue weighted by Crippen LogP contribution is 2.49. The van der Waals surface area contributed by atoms with E-state index >= 15 is 0 Å². The lowest BCUT2D eigenvalue weighted by molar-refractivity contribution is 0.684. The largest absolute Gasteiger partial charge is 0.235 e. The molecule has 0 radical (unpaired) electrons. The zero-order chi connectivity index (χ0) is 27.6. The van der Waals surface area contributed by atoms with Gasteiger partial charge in [0.25, 0.3) is 0 Å². The molecule has 0 spiro atoms. The van der Waals surface area contributed by atoms with Crippen LogP contribution in [0.2, 0.25) is 12.1 Å². The van der Waals surface area contributed by atoms with Gasteiger partial charge in [0, 0.05) is 30.5 Å². The molecule has 5 rings (SSSR count). The van der Waals surface area contributed by atoms with E-state index < -0.39 is 8.07 Å². The van der Waals surface area contributed by atoms with Crippen molar-refractivity contribution in [3.63, 3.8) is 0 Å². The Morgan fingerprint density at radius 3 is 2.10 bits per heavy atom. The minimum atomic E-state index is -1.83. The number of aromatic nitrogens is 1. The molecule has 0 bridgehead atoms. The van der Waals surface area contributed by atoms with Crippen molar-refractivity contribution in [3.05, 3.63) is 32.5 Å². The van der Waals surface area contributed by atoms with E-state index in [9.17, 15) is 10.5 Å². The highest BCUT2D eigenvalue weighted by Gasteiger charge is 2.47. The predicted molar refractivity (Wildman–Crippen MR) is 176 cm³/mol. The summed E-state index contributed by atoms with van der Waals surface area (Å²) in [5.74, 6) is 0. The molecule has 202 valence electrons. The number of aryl methyl sites for hydroxylation is 2. The minimum absolute atomic E-state index is 0.104. The van der Waals surface area contributed by atoms with Crippen LogP contribution in [0.25, 0.3) is 35.8 Å². The number of allylic oxidation sites excluding steroid dienone is 1. The first kappa shape index (κ1) is 28.5. The molecule has 1 aliphatic rings. The van der Waals surface area contributed by atoms with Gasteiger partial charge in [0.2, 0.25) is 0 Å². The van der Waals surface area contributed by atoms with Gasteiger partial charge < -0.3 is 0 Å². The molecule has 1 aliphatic heterocycles. The van der Waals surface area contributed by atoms with E-state index in [1.54, 1.807) is 37.5 Å². The van der Waals surface area contributed by atoms with Gasteiger partial charge in [0.15, 0.2) is 0 Å². The number of nitrogens with zero attached hydrogens (tertiary/aromatic N) is 3. The van der Waals surface area contributed by atoms with E-state index in [2.05, 4.69) is 39.8 Å². The van der Waals surface area contributed by atoms with E-state index in [4.69, 9.17) is 4.98 Å². The Kier molecular flexibility index (Phi) is 8.90. The minimum Gasteiger partial charge on any atom is -0.235 e. The number of thiophene rings is 3. The standard InChI is InChI=1S/C31H35N3S4Si/c1-5-7-9-11-13-39(14-12-10-8-6-2)24-15-20(3)35-30(24)31-25(39)17-23(37-31)29-27-28(21(4)36-29)38-26(34-27)16-22(18-32)19-33/h15-17H,5-14H2,1-4H3. The van der Waals surface area contributed by atoms with Crippen LogP contribution in [0.15, 0.2) is 17.7 Å². The van der Waals surface area contributed by atoms with Crippen molar-refractivity contribution in [3.8, 4) is 31.6 Å². The van der Waals surface area contributed by atoms with Crippen LogP contribution in [-0.2, 0) is 0 Å². The quantitative estimate of drug-likeness (QED) is 0.0917. The molecular formula is C31H35N3S4Si. The fourth-order valence-electron chi connectivity index (χ4n) is 6.00. The smallest absolute Gasteiger partial charge is 0.132 e. The van der Waals surface area contributed by atoms with Crippen LogP contribution in [0.1, 0.15) is 80.0 Å². The Bertz CT molecular complexity index is 1570. The number of fused-ring (bicyclic) bond motifs is 4. The van der Waals surface area contributed by atoms with E-state index in [0.29, 0.717) is 0 Å². The van der Waals surface area contributed by atoms with Crippen LogP contribution in [0.4, 0.5) is 0 Å². The van der Waals surface area contributed by atoms with Crippen LogP contribution in [0.5, 0.6) is 0 Å². The van der Waals surface area contributed by atoms with Crippen LogP contribution in [0.3, 0.4) is 0 Å². The summed E-state index contributed by atoms with van der Waals surface area (Å²) in [6.45, 7) is 9.07. The molecule has 0 amide bonds. The first-order chi connectivity index (χ1) is 18.9. The molecule has 3 nitrogen and oxygen atoms in total. The molecule has 8 heteroatoms.